The maximum atomic E-state index is 13.3. The number of anilines is 2. The van der Waals surface area contributed by atoms with E-state index in [-0.39, 0.29) is 24.2 Å². The number of hydrogen-bond acceptors (Lipinski definition) is 5. The van der Waals surface area contributed by atoms with Gasteiger partial charge in [0.2, 0.25) is 5.91 Å². The van der Waals surface area contributed by atoms with Crippen LogP contribution < -0.4 is 15.0 Å². The Hall–Kier alpha value is -2.78. The van der Waals surface area contributed by atoms with Gasteiger partial charge in [-0.05, 0) is 55.3 Å². The molecule has 9 heteroatoms. The molecule has 4 rings (SSSR count). The van der Waals surface area contributed by atoms with Gasteiger partial charge in [0.15, 0.2) is 0 Å². The van der Waals surface area contributed by atoms with Crippen LogP contribution >= 0.6 is 0 Å². The topological polar surface area (TPSA) is 54.0 Å². The summed E-state index contributed by atoms with van der Waals surface area (Å²) in [7, 11) is 1.61. The van der Waals surface area contributed by atoms with Gasteiger partial charge >= 0.3 is 6.18 Å². The molecule has 2 saturated heterocycles. The van der Waals surface area contributed by atoms with Crippen LogP contribution in [0.25, 0.3) is 0 Å². The molecule has 1 atom stereocenters. The van der Waals surface area contributed by atoms with Gasteiger partial charge in [0.1, 0.15) is 5.75 Å². The number of rotatable bonds is 6. The summed E-state index contributed by atoms with van der Waals surface area (Å²) < 4.78 is 50.7. The third-order valence-electron chi connectivity index (χ3n) is 6.14. The normalized spacial score (nSPS) is 19.5. The Balaban J connectivity index is 1.52. The molecule has 2 fully saturated rings. The molecule has 178 valence electrons. The van der Waals surface area contributed by atoms with Crippen molar-refractivity contribution in [3.05, 3.63) is 53.6 Å². The monoisotopic (exact) mass is 463 g/mol. The van der Waals surface area contributed by atoms with E-state index in [4.69, 9.17) is 9.47 Å². The van der Waals surface area contributed by atoms with E-state index in [9.17, 15) is 18.0 Å². The average Bonchev–Trinajstić information content (AvgIpc) is 3.27. The van der Waals surface area contributed by atoms with E-state index in [0.29, 0.717) is 32.0 Å². The van der Waals surface area contributed by atoms with Crippen LogP contribution in [0.5, 0.6) is 5.75 Å². The summed E-state index contributed by atoms with van der Waals surface area (Å²) in [5, 5.41) is 2.75. The fraction of sp³-hybridized carbons (Fsp3) is 0.458. The molecule has 2 heterocycles. The van der Waals surface area contributed by atoms with Crippen LogP contribution in [0, 0.1) is 0 Å². The molecule has 1 amide bonds. The Morgan fingerprint density at radius 2 is 1.94 bits per heavy atom. The number of hydrogen-bond donors (Lipinski definition) is 1. The van der Waals surface area contributed by atoms with Gasteiger partial charge in [-0.1, -0.05) is 12.1 Å². The molecule has 0 spiro atoms. The van der Waals surface area contributed by atoms with E-state index in [1.165, 1.54) is 6.07 Å². The summed E-state index contributed by atoms with van der Waals surface area (Å²) in [5.74, 6) is 0.418. The van der Waals surface area contributed by atoms with Crippen molar-refractivity contribution in [1.29, 1.82) is 0 Å². The second-order valence-electron chi connectivity index (χ2n) is 8.28. The van der Waals surface area contributed by atoms with Crippen molar-refractivity contribution in [2.24, 2.45) is 0 Å². The first-order valence-corrected chi connectivity index (χ1v) is 11.1. The van der Waals surface area contributed by atoms with E-state index in [2.05, 4.69) is 10.2 Å². The van der Waals surface area contributed by atoms with Gasteiger partial charge in [-0.25, -0.2) is 0 Å². The third kappa shape index (κ3) is 5.59. The minimum atomic E-state index is -4.49. The first-order valence-electron chi connectivity index (χ1n) is 11.1. The van der Waals surface area contributed by atoms with Crippen LogP contribution in [0.2, 0.25) is 0 Å². The van der Waals surface area contributed by atoms with Gasteiger partial charge in [0.05, 0.1) is 43.8 Å². The minimum absolute atomic E-state index is 0.0612. The SMILES string of the molecule is COc1cccc(C2CCCN2CC(=O)Nc2cc(C(F)(F)F)ccc2N2CCOCC2)c1. The highest BCUT2D eigenvalue weighted by Gasteiger charge is 2.32. The Kier molecular flexibility index (Phi) is 7.09. The Morgan fingerprint density at radius 3 is 2.67 bits per heavy atom. The molecular weight excluding hydrogens is 435 g/mol. The van der Waals surface area contributed by atoms with Crippen molar-refractivity contribution in [3.63, 3.8) is 0 Å². The second kappa shape index (κ2) is 10.0. The molecule has 0 bridgehead atoms. The largest absolute Gasteiger partial charge is 0.497 e. The average molecular weight is 464 g/mol. The molecular formula is C24H28F3N3O3. The predicted octanol–water partition coefficient (Wildman–Crippen LogP) is 4.33. The van der Waals surface area contributed by atoms with Crippen LogP contribution in [0.15, 0.2) is 42.5 Å². The maximum absolute atomic E-state index is 13.3. The molecule has 2 aliphatic heterocycles. The lowest BCUT2D eigenvalue weighted by molar-refractivity contribution is -0.137. The van der Waals surface area contributed by atoms with Gasteiger partial charge in [0, 0.05) is 19.1 Å². The van der Waals surface area contributed by atoms with Crippen LogP contribution in [0.3, 0.4) is 0 Å². The Bertz CT molecular complexity index is 977. The number of ether oxygens (including phenoxy) is 2. The van der Waals surface area contributed by atoms with Crippen molar-refractivity contribution >= 4 is 17.3 Å². The molecule has 2 aromatic carbocycles. The highest BCUT2D eigenvalue weighted by Crippen LogP contribution is 2.36. The molecule has 2 aromatic rings. The molecule has 1 N–H and O–H groups in total. The van der Waals surface area contributed by atoms with Crippen LogP contribution in [-0.4, -0.2) is 57.3 Å². The number of benzene rings is 2. The smallest absolute Gasteiger partial charge is 0.416 e. The zero-order valence-corrected chi connectivity index (χ0v) is 18.5. The summed E-state index contributed by atoms with van der Waals surface area (Å²) in [5.41, 5.74) is 1.03. The van der Waals surface area contributed by atoms with Gasteiger partial charge in [-0.15, -0.1) is 0 Å². The molecule has 0 aromatic heterocycles. The zero-order chi connectivity index (χ0) is 23.4. The number of methoxy groups -OCH3 is 1. The quantitative estimate of drug-likeness (QED) is 0.691. The number of morpholine rings is 1. The van der Waals surface area contributed by atoms with Gasteiger partial charge in [-0.2, -0.15) is 13.2 Å². The molecule has 0 aliphatic carbocycles. The lowest BCUT2D eigenvalue weighted by Crippen LogP contribution is -2.37. The summed E-state index contributed by atoms with van der Waals surface area (Å²) in [6, 6.07) is 11.3. The predicted molar refractivity (Wildman–Crippen MR) is 120 cm³/mol. The number of alkyl halides is 3. The van der Waals surface area contributed by atoms with Crippen molar-refractivity contribution in [1.82, 2.24) is 4.90 Å². The third-order valence-corrected chi connectivity index (χ3v) is 6.14. The van der Waals surface area contributed by atoms with Gasteiger partial charge in [-0.3, -0.25) is 9.69 Å². The van der Waals surface area contributed by atoms with Crippen LogP contribution in [0.4, 0.5) is 24.5 Å². The van der Waals surface area contributed by atoms with Gasteiger partial charge in [0.25, 0.3) is 0 Å². The first kappa shape index (κ1) is 23.4. The van der Waals surface area contributed by atoms with Crippen molar-refractivity contribution in [2.45, 2.75) is 25.1 Å². The molecule has 0 radical (unpaired) electrons. The van der Waals surface area contributed by atoms with E-state index in [1.807, 2.05) is 29.2 Å². The fourth-order valence-electron chi connectivity index (χ4n) is 4.51. The number of carbonyl (C=O) groups is 1. The van der Waals surface area contributed by atoms with E-state index in [0.717, 1.165) is 42.8 Å². The Labute approximate surface area is 191 Å². The lowest BCUT2D eigenvalue weighted by Gasteiger charge is -2.31. The van der Waals surface area contributed by atoms with Crippen molar-refractivity contribution in [3.8, 4) is 5.75 Å². The molecule has 6 nitrogen and oxygen atoms in total. The molecule has 2 aliphatic rings. The number of nitrogens with zero attached hydrogens (tertiary/aromatic N) is 2. The van der Waals surface area contributed by atoms with Crippen LogP contribution in [0.1, 0.15) is 30.0 Å². The summed E-state index contributed by atoms with van der Waals surface area (Å²) in [6.07, 6.45) is -2.64. The maximum Gasteiger partial charge on any atom is 0.416 e. The number of likely N-dealkylation sites (tertiary alicyclic amines) is 1. The fourth-order valence-corrected chi connectivity index (χ4v) is 4.51. The summed E-state index contributed by atoms with van der Waals surface area (Å²) in [4.78, 5) is 17.0. The lowest BCUT2D eigenvalue weighted by atomic mass is 10.0. The van der Waals surface area contributed by atoms with Crippen molar-refractivity contribution < 1.29 is 27.4 Å². The highest BCUT2D eigenvalue weighted by molar-refractivity contribution is 5.96. The first-order chi connectivity index (χ1) is 15.8. The number of halogens is 3. The van der Waals surface area contributed by atoms with E-state index < -0.39 is 11.7 Å². The summed E-state index contributed by atoms with van der Waals surface area (Å²) in [6.45, 7) is 2.93. The standard InChI is InChI=1S/C24H28F3N3O3/c1-32-19-5-2-4-17(14-19)21-6-3-9-30(21)16-23(31)28-20-15-18(24(25,26)27)7-8-22(20)29-10-12-33-13-11-29/h2,4-5,7-8,14-15,21H,3,6,9-13,16H2,1H3,(H,28,31). The zero-order valence-electron chi connectivity index (χ0n) is 18.5. The van der Waals surface area contributed by atoms with E-state index >= 15 is 0 Å². The van der Waals surface area contributed by atoms with E-state index in [1.54, 1.807) is 7.11 Å². The molecule has 0 saturated carbocycles. The number of nitrogens with one attached hydrogen (secondary N) is 1. The summed E-state index contributed by atoms with van der Waals surface area (Å²) >= 11 is 0. The molecule has 1 unspecified atom stereocenters. The highest BCUT2D eigenvalue weighted by atomic mass is 19.4. The number of carbonyl (C=O) groups excluding carboxylic acids is 1. The van der Waals surface area contributed by atoms with Crippen LogP contribution in [-0.2, 0) is 15.7 Å². The molecule has 33 heavy (non-hydrogen) atoms. The second-order valence-corrected chi connectivity index (χ2v) is 8.28. The van der Waals surface area contributed by atoms with Crippen molar-refractivity contribution in [2.75, 3.05) is 56.7 Å². The number of amides is 1. The minimum Gasteiger partial charge on any atom is -0.497 e. The Morgan fingerprint density at radius 1 is 1.15 bits per heavy atom. The van der Waals surface area contributed by atoms with Gasteiger partial charge < -0.3 is 19.7 Å².